The Morgan fingerprint density at radius 3 is 2.53 bits per heavy atom. The van der Waals surface area contributed by atoms with Crippen molar-refractivity contribution in [2.75, 3.05) is 27.3 Å². The lowest BCUT2D eigenvalue weighted by Crippen LogP contribution is -2.33. The van der Waals surface area contributed by atoms with Crippen molar-refractivity contribution in [3.63, 3.8) is 0 Å². The van der Waals surface area contributed by atoms with E-state index in [9.17, 15) is 17.6 Å². The lowest BCUT2D eigenvalue weighted by Gasteiger charge is -2.19. The molecule has 1 atom stereocenters. The molecule has 19 heavy (non-hydrogen) atoms. The molecule has 0 aliphatic rings. The number of nitrogens with one attached hydrogen (secondary N) is 1. The van der Waals surface area contributed by atoms with Gasteiger partial charge in [-0.05, 0) is 25.2 Å². The van der Waals surface area contributed by atoms with Crippen molar-refractivity contribution >= 4 is 0 Å². The Morgan fingerprint density at radius 1 is 1.32 bits per heavy atom. The summed E-state index contributed by atoms with van der Waals surface area (Å²) in [5.41, 5.74) is -1.34. The molecule has 1 N–H and O–H groups in total. The molecule has 0 heterocycles. The fourth-order valence-corrected chi connectivity index (χ4v) is 1.54. The fraction of sp³-hybridized carbons (Fsp3) is 0.500. The van der Waals surface area contributed by atoms with Crippen LogP contribution in [0.25, 0.3) is 0 Å². The van der Waals surface area contributed by atoms with Gasteiger partial charge in [0.2, 0.25) is 0 Å². The van der Waals surface area contributed by atoms with E-state index in [4.69, 9.17) is 9.47 Å². The van der Waals surface area contributed by atoms with Gasteiger partial charge >= 0.3 is 6.18 Å². The second kappa shape index (κ2) is 6.72. The zero-order valence-corrected chi connectivity index (χ0v) is 10.6. The van der Waals surface area contributed by atoms with Crippen LogP contribution in [-0.2, 0) is 10.9 Å². The number of hydrogen-bond donors (Lipinski definition) is 1. The van der Waals surface area contributed by atoms with Gasteiger partial charge < -0.3 is 14.8 Å². The Hall–Kier alpha value is -1.34. The minimum atomic E-state index is -4.75. The molecule has 1 aromatic rings. The summed E-state index contributed by atoms with van der Waals surface area (Å²) in [5, 5.41) is 2.83. The molecule has 108 valence electrons. The van der Waals surface area contributed by atoms with Crippen LogP contribution in [0.2, 0.25) is 0 Å². The zero-order valence-electron chi connectivity index (χ0n) is 10.6. The van der Waals surface area contributed by atoms with Crippen molar-refractivity contribution in [2.24, 2.45) is 0 Å². The van der Waals surface area contributed by atoms with E-state index in [-0.39, 0.29) is 12.4 Å². The van der Waals surface area contributed by atoms with Crippen LogP contribution in [0.3, 0.4) is 0 Å². The van der Waals surface area contributed by atoms with Crippen molar-refractivity contribution in [1.29, 1.82) is 0 Å². The van der Waals surface area contributed by atoms with Crippen LogP contribution < -0.4 is 10.1 Å². The smallest absolute Gasteiger partial charge is 0.419 e. The van der Waals surface area contributed by atoms with Crippen molar-refractivity contribution < 1.29 is 27.0 Å². The molecule has 0 aromatic heterocycles. The summed E-state index contributed by atoms with van der Waals surface area (Å²) in [6.45, 7) is 0.603. The van der Waals surface area contributed by atoms with Crippen molar-refractivity contribution in [3.8, 4) is 5.75 Å². The van der Waals surface area contributed by atoms with Crippen LogP contribution in [0.15, 0.2) is 18.2 Å². The highest BCUT2D eigenvalue weighted by Gasteiger charge is 2.34. The number of rotatable bonds is 6. The zero-order chi connectivity index (χ0) is 14.5. The number of ether oxygens (including phenoxy) is 2. The van der Waals surface area contributed by atoms with Crippen LogP contribution in [0.4, 0.5) is 17.6 Å². The molecule has 1 aromatic carbocycles. The van der Waals surface area contributed by atoms with Gasteiger partial charge in [-0.1, -0.05) is 0 Å². The quantitative estimate of drug-likeness (QED) is 0.812. The van der Waals surface area contributed by atoms with Crippen LogP contribution in [-0.4, -0.2) is 33.4 Å². The second-order valence-corrected chi connectivity index (χ2v) is 3.89. The molecule has 0 spiro atoms. The third-order valence-electron chi connectivity index (χ3n) is 2.33. The topological polar surface area (TPSA) is 30.5 Å². The van der Waals surface area contributed by atoms with E-state index in [1.165, 1.54) is 7.11 Å². The van der Waals surface area contributed by atoms with Crippen LogP contribution >= 0.6 is 0 Å². The van der Waals surface area contributed by atoms with E-state index in [2.05, 4.69) is 5.32 Å². The molecule has 1 rings (SSSR count). The molecule has 7 heteroatoms. The summed E-state index contributed by atoms with van der Waals surface area (Å²) in [5.74, 6) is -1.37. The fourth-order valence-electron chi connectivity index (χ4n) is 1.54. The minimum absolute atomic E-state index is 0.0500. The SMILES string of the molecule is CNCC(COC)Oc1ccc(F)c(C(F)(F)F)c1. The van der Waals surface area contributed by atoms with E-state index in [1.807, 2.05) is 0 Å². The van der Waals surface area contributed by atoms with Gasteiger partial charge in [-0.2, -0.15) is 13.2 Å². The monoisotopic (exact) mass is 281 g/mol. The first-order valence-electron chi connectivity index (χ1n) is 5.55. The summed E-state index contributed by atoms with van der Waals surface area (Å²) in [6, 6.07) is 2.54. The standard InChI is InChI=1S/C12H15F4NO2/c1-17-6-9(7-18-2)19-8-3-4-11(13)10(5-8)12(14,15)16/h3-5,9,17H,6-7H2,1-2H3. The molecule has 3 nitrogen and oxygen atoms in total. The highest BCUT2D eigenvalue weighted by atomic mass is 19.4. The van der Waals surface area contributed by atoms with Crippen molar-refractivity contribution in [3.05, 3.63) is 29.6 Å². The van der Waals surface area contributed by atoms with Gasteiger partial charge in [0.1, 0.15) is 17.7 Å². The van der Waals surface area contributed by atoms with Crippen molar-refractivity contribution in [2.45, 2.75) is 12.3 Å². The number of methoxy groups -OCH3 is 1. The lowest BCUT2D eigenvalue weighted by molar-refractivity contribution is -0.140. The van der Waals surface area contributed by atoms with E-state index in [0.29, 0.717) is 12.6 Å². The third-order valence-corrected chi connectivity index (χ3v) is 2.33. The summed E-state index contributed by atoms with van der Waals surface area (Å²) >= 11 is 0. The van der Waals surface area contributed by atoms with Gasteiger partial charge in [-0.25, -0.2) is 4.39 Å². The number of benzene rings is 1. The van der Waals surface area contributed by atoms with E-state index in [1.54, 1.807) is 7.05 Å². The first kappa shape index (κ1) is 15.7. The Bertz CT molecular complexity index is 403. The van der Waals surface area contributed by atoms with E-state index < -0.39 is 23.7 Å². The molecule has 0 amide bonds. The molecular formula is C12H15F4NO2. The Morgan fingerprint density at radius 2 is 2.00 bits per heavy atom. The molecule has 0 aliphatic heterocycles. The van der Waals surface area contributed by atoms with Crippen LogP contribution in [0.1, 0.15) is 5.56 Å². The van der Waals surface area contributed by atoms with Gasteiger partial charge in [0.05, 0.1) is 12.2 Å². The average molecular weight is 281 g/mol. The van der Waals surface area contributed by atoms with Gasteiger partial charge in [-0.3, -0.25) is 0 Å². The molecule has 0 aliphatic carbocycles. The Labute approximate surface area is 108 Å². The van der Waals surface area contributed by atoms with E-state index in [0.717, 1.165) is 12.1 Å². The molecule has 0 radical (unpaired) electrons. The molecule has 1 unspecified atom stereocenters. The first-order valence-corrected chi connectivity index (χ1v) is 5.55. The highest BCUT2D eigenvalue weighted by Crippen LogP contribution is 2.33. The lowest BCUT2D eigenvalue weighted by atomic mass is 10.2. The maximum Gasteiger partial charge on any atom is 0.419 e. The van der Waals surface area contributed by atoms with Crippen molar-refractivity contribution in [1.82, 2.24) is 5.32 Å². The Balaban J connectivity index is 2.89. The normalized spacial score (nSPS) is 13.4. The van der Waals surface area contributed by atoms with Gasteiger partial charge in [0.15, 0.2) is 0 Å². The molecule has 0 saturated carbocycles. The average Bonchev–Trinajstić information content (AvgIpc) is 2.31. The first-order chi connectivity index (χ1) is 8.88. The Kier molecular flexibility index (Phi) is 5.56. The minimum Gasteiger partial charge on any atom is -0.487 e. The maximum absolute atomic E-state index is 13.1. The number of alkyl halides is 3. The second-order valence-electron chi connectivity index (χ2n) is 3.89. The van der Waals surface area contributed by atoms with Gasteiger partial charge in [0, 0.05) is 13.7 Å². The highest BCUT2D eigenvalue weighted by molar-refractivity contribution is 5.31. The molecule has 0 fully saturated rings. The van der Waals surface area contributed by atoms with Crippen LogP contribution in [0, 0.1) is 5.82 Å². The number of hydrogen-bond acceptors (Lipinski definition) is 3. The number of halogens is 4. The third kappa shape index (κ3) is 4.68. The largest absolute Gasteiger partial charge is 0.487 e. The summed E-state index contributed by atoms with van der Waals surface area (Å²) in [4.78, 5) is 0. The molecule has 0 saturated heterocycles. The predicted molar refractivity (Wildman–Crippen MR) is 61.6 cm³/mol. The molecule has 0 bridgehead atoms. The predicted octanol–water partition coefficient (Wildman–Crippen LogP) is 2.46. The van der Waals surface area contributed by atoms with Gasteiger partial charge in [0.25, 0.3) is 0 Å². The summed E-state index contributed by atoms with van der Waals surface area (Å²) in [7, 11) is 3.13. The maximum atomic E-state index is 13.1. The summed E-state index contributed by atoms with van der Waals surface area (Å²) in [6.07, 6.45) is -5.20. The van der Waals surface area contributed by atoms with Crippen LogP contribution in [0.5, 0.6) is 5.75 Å². The van der Waals surface area contributed by atoms with Gasteiger partial charge in [-0.15, -0.1) is 0 Å². The number of likely N-dealkylation sites (N-methyl/N-ethyl adjacent to an activating group) is 1. The van der Waals surface area contributed by atoms with E-state index >= 15 is 0 Å². The summed E-state index contributed by atoms with van der Waals surface area (Å²) < 4.78 is 60.9. The molecular weight excluding hydrogens is 266 g/mol.